The topological polar surface area (TPSA) is 58.9 Å². The van der Waals surface area contributed by atoms with E-state index in [1.807, 2.05) is 36.4 Å². The molecule has 1 N–H and O–H groups in total. The molecule has 33 heavy (non-hydrogen) atoms. The maximum absolute atomic E-state index is 11.6. The van der Waals surface area contributed by atoms with Crippen molar-refractivity contribution in [3.63, 3.8) is 0 Å². The smallest absolute Gasteiger partial charge is 0.336 e. The molecule has 0 radical (unpaired) electrons. The van der Waals surface area contributed by atoms with Gasteiger partial charge in [0.15, 0.2) is 0 Å². The van der Waals surface area contributed by atoms with Crippen LogP contribution in [0.15, 0.2) is 76.6 Å². The van der Waals surface area contributed by atoms with Crippen LogP contribution in [0.4, 0.5) is 5.69 Å². The summed E-state index contributed by atoms with van der Waals surface area (Å²) in [4.78, 5) is 17.5. The third-order valence-corrected chi connectivity index (χ3v) is 6.88. The Hall–Kier alpha value is -2.89. The molecule has 5 heteroatoms. The van der Waals surface area contributed by atoms with Crippen LogP contribution >= 0.6 is 11.8 Å². The Labute approximate surface area is 199 Å². The van der Waals surface area contributed by atoms with E-state index in [1.54, 1.807) is 23.9 Å². The second kappa shape index (κ2) is 10.8. The first-order valence-corrected chi connectivity index (χ1v) is 12.6. The summed E-state index contributed by atoms with van der Waals surface area (Å²) < 4.78 is 6.56. The van der Waals surface area contributed by atoms with Crippen molar-refractivity contribution in [3.05, 3.63) is 83.4 Å². The molecule has 4 nitrogen and oxygen atoms in total. The average molecular weight is 460 g/mol. The van der Waals surface area contributed by atoms with E-state index in [0.717, 1.165) is 41.6 Å². The molecular formula is C28H29NO3S. The Morgan fingerprint density at radius 3 is 2.58 bits per heavy atom. The molecular weight excluding hydrogens is 430 g/mol. The fraction of sp³-hybridized carbons (Fsp3) is 0.286. The van der Waals surface area contributed by atoms with Crippen LogP contribution in [-0.4, -0.2) is 23.5 Å². The number of unbranched alkanes of at least 4 members (excludes halogenated alkanes) is 1. The molecule has 0 saturated heterocycles. The van der Waals surface area contributed by atoms with Crippen molar-refractivity contribution >= 4 is 29.6 Å². The van der Waals surface area contributed by atoms with Crippen LogP contribution in [0.1, 0.15) is 53.8 Å². The molecule has 2 unspecified atom stereocenters. The molecule has 0 fully saturated rings. The van der Waals surface area contributed by atoms with Gasteiger partial charge in [-0.1, -0.05) is 68.3 Å². The lowest BCUT2D eigenvalue weighted by molar-refractivity contribution is 0.0133. The highest BCUT2D eigenvalue weighted by atomic mass is 32.2. The third kappa shape index (κ3) is 5.21. The average Bonchev–Trinajstić information content (AvgIpc) is 2.86. The fourth-order valence-electron chi connectivity index (χ4n) is 4.34. The van der Waals surface area contributed by atoms with Gasteiger partial charge in [0.2, 0.25) is 0 Å². The summed E-state index contributed by atoms with van der Waals surface area (Å²) in [6.45, 7) is 2.70. The van der Waals surface area contributed by atoms with Crippen LogP contribution < -0.4 is 0 Å². The Morgan fingerprint density at radius 1 is 1.06 bits per heavy atom. The van der Waals surface area contributed by atoms with E-state index in [1.165, 1.54) is 10.5 Å². The predicted octanol–water partition coefficient (Wildman–Crippen LogP) is 7.55. The second-order valence-electron chi connectivity index (χ2n) is 8.26. The third-order valence-electron chi connectivity index (χ3n) is 6.08. The van der Waals surface area contributed by atoms with Crippen LogP contribution in [-0.2, 0) is 11.3 Å². The molecule has 1 heterocycles. The Balaban J connectivity index is 1.55. The zero-order chi connectivity index (χ0) is 23.2. The molecule has 4 rings (SSSR count). The van der Waals surface area contributed by atoms with Gasteiger partial charge >= 0.3 is 5.97 Å². The van der Waals surface area contributed by atoms with E-state index in [4.69, 9.17) is 9.73 Å². The number of aromatic carboxylic acids is 1. The molecule has 1 aliphatic rings. The molecule has 0 aliphatic carbocycles. The molecule has 1 aliphatic heterocycles. The first-order chi connectivity index (χ1) is 16.1. The second-order valence-corrected chi connectivity index (χ2v) is 9.10. The van der Waals surface area contributed by atoms with Crippen molar-refractivity contribution < 1.29 is 14.6 Å². The number of carbonyl (C=O) groups is 1. The monoisotopic (exact) mass is 459 g/mol. The molecule has 0 aromatic heterocycles. The van der Waals surface area contributed by atoms with Gasteiger partial charge in [-0.2, -0.15) is 0 Å². The van der Waals surface area contributed by atoms with Gasteiger partial charge in [0.1, 0.15) is 0 Å². The van der Waals surface area contributed by atoms with Crippen molar-refractivity contribution in [2.75, 3.05) is 6.26 Å². The zero-order valence-corrected chi connectivity index (χ0v) is 19.8. The highest BCUT2D eigenvalue weighted by molar-refractivity contribution is 7.98. The van der Waals surface area contributed by atoms with Crippen molar-refractivity contribution in [2.24, 2.45) is 10.9 Å². The zero-order valence-electron chi connectivity index (χ0n) is 19.0. The van der Waals surface area contributed by atoms with Crippen LogP contribution in [0.25, 0.3) is 11.1 Å². The number of fused-ring (bicyclic) bond motifs is 1. The van der Waals surface area contributed by atoms with Crippen LogP contribution in [0.2, 0.25) is 0 Å². The number of hydrogen-bond acceptors (Lipinski definition) is 4. The summed E-state index contributed by atoms with van der Waals surface area (Å²) in [5.74, 6) is -0.661. The summed E-state index contributed by atoms with van der Waals surface area (Å²) in [5, 5.41) is 9.49. The minimum absolute atomic E-state index is 0.0277. The van der Waals surface area contributed by atoms with Crippen LogP contribution in [0.3, 0.4) is 0 Å². The van der Waals surface area contributed by atoms with Crippen LogP contribution in [0, 0.1) is 5.92 Å². The first-order valence-electron chi connectivity index (χ1n) is 11.4. The number of ether oxygens (including phenoxy) is 1. The number of benzene rings is 3. The maximum atomic E-state index is 11.6. The number of hydrogen-bond donors (Lipinski definition) is 1. The van der Waals surface area contributed by atoms with Gasteiger partial charge in [-0.3, -0.25) is 4.99 Å². The number of thioether (sulfide) groups is 1. The summed E-state index contributed by atoms with van der Waals surface area (Å²) in [6, 6.07) is 21.3. The van der Waals surface area contributed by atoms with Crippen molar-refractivity contribution in [1.82, 2.24) is 0 Å². The minimum Gasteiger partial charge on any atom is -0.478 e. The largest absolute Gasteiger partial charge is 0.478 e. The molecule has 0 saturated carbocycles. The molecule has 170 valence electrons. The summed E-state index contributed by atoms with van der Waals surface area (Å²) in [5.41, 5.74) is 5.17. The highest BCUT2D eigenvalue weighted by Gasteiger charge is 2.30. The SMILES string of the molecule is CCCCC1C=Nc2cccc(SC)c2C1OCc1ccc(-c2ccccc2C(=O)O)cc1. The van der Waals surface area contributed by atoms with E-state index < -0.39 is 5.97 Å². The fourth-order valence-corrected chi connectivity index (χ4v) is 4.99. The Morgan fingerprint density at radius 2 is 1.85 bits per heavy atom. The number of rotatable bonds is 9. The van der Waals surface area contributed by atoms with Gasteiger partial charge in [-0.25, -0.2) is 4.79 Å². The number of carboxylic acid groups (broad SMARTS) is 1. The number of aliphatic imine (C=N–C) groups is 1. The van der Waals surface area contributed by atoms with Gasteiger partial charge in [-0.15, -0.1) is 11.8 Å². The lowest BCUT2D eigenvalue weighted by Gasteiger charge is -2.30. The van der Waals surface area contributed by atoms with Gasteiger partial charge in [0, 0.05) is 22.6 Å². The molecule has 3 aromatic rings. The van der Waals surface area contributed by atoms with E-state index in [-0.39, 0.29) is 12.0 Å². The lowest BCUT2D eigenvalue weighted by atomic mass is 9.88. The minimum atomic E-state index is -0.918. The van der Waals surface area contributed by atoms with Crippen molar-refractivity contribution in [1.29, 1.82) is 0 Å². The maximum Gasteiger partial charge on any atom is 0.336 e. The lowest BCUT2D eigenvalue weighted by Crippen LogP contribution is -2.21. The van der Waals surface area contributed by atoms with E-state index in [2.05, 4.69) is 37.6 Å². The quantitative estimate of drug-likeness (QED) is 0.336. The number of carboxylic acids is 1. The van der Waals surface area contributed by atoms with Gasteiger partial charge in [0.05, 0.1) is 24.0 Å². The highest BCUT2D eigenvalue weighted by Crippen LogP contribution is 2.43. The standard InChI is InChI=1S/C28H29NO3S/c1-3-4-8-21-17-29-24-11-7-12-25(33-2)26(24)27(21)32-18-19-13-15-20(16-14-19)22-9-5-6-10-23(22)28(30)31/h5-7,9-17,21,27H,3-4,8,18H2,1-2H3,(H,30,31). The van der Waals surface area contributed by atoms with E-state index in [9.17, 15) is 9.90 Å². The van der Waals surface area contributed by atoms with Gasteiger partial charge in [0.25, 0.3) is 0 Å². The van der Waals surface area contributed by atoms with Gasteiger partial charge < -0.3 is 9.84 Å². The Bertz CT molecular complexity index is 1140. The van der Waals surface area contributed by atoms with Crippen LogP contribution in [0.5, 0.6) is 0 Å². The van der Waals surface area contributed by atoms with Crippen molar-refractivity contribution in [2.45, 2.75) is 43.8 Å². The molecule has 0 spiro atoms. The Kier molecular flexibility index (Phi) is 7.63. The predicted molar refractivity (Wildman–Crippen MR) is 136 cm³/mol. The summed E-state index contributed by atoms with van der Waals surface area (Å²) in [6.07, 6.45) is 7.48. The molecule has 3 aromatic carbocycles. The normalized spacial score (nSPS) is 17.0. The molecule has 0 bridgehead atoms. The molecule has 2 atom stereocenters. The number of nitrogens with zero attached hydrogens (tertiary/aromatic N) is 1. The first kappa shape index (κ1) is 23.3. The van der Waals surface area contributed by atoms with E-state index >= 15 is 0 Å². The summed E-state index contributed by atoms with van der Waals surface area (Å²) >= 11 is 1.74. The van der Waals surface area contributed by atoms with Crippen molar-refractivity contribution in [3.8, 4) is 11.1 Å². The summed E-state index contributed by atoms with van der Waals surface area (Å²) in [7, 11) is 0. The van der Waals surface area contributed by atoms with Gasteiger partial charge in [-0.05, 0) is 47.6 Å². The molecule has 0 amide bonds. The van der Waals surface area contributed by atoms with E-state index in [0.29, 0.717) is 12.2 Å².